The first-order valence-corrected chi connectivity index (χ1v) is 10.8. The lowest BCUT2D eigenvalue weighted by atomic mass is 10.1. The molecule has 1 aliphatic heterocycles. The number of nitrogens with zero attached hydrogens (tertiary/aromatic N) is 2. The van der Waals surface area contributed by atoms with Crippen molar-refractivity contribution in [3.63, 3.8) is 0 Å². The maximum atomic E-state index is 12.3. The molecule has 1 aliphatic rings. The van der Waals surface area contributed by atoms with Gasteiger partial charge in [-0.05, 0) is 29.7 Å². The molecule has 0 atom stereocenters. The van der Waals surface area contributed by atoms with Gasteiger partial charge in [0.2, 0.25) is 11.8 Å². The van der Waals surface area contributed by atoms with Gasteiger partial charge in [0, 0.05) is 24.9 Å². The Bertz CT molecular complexity index is 1000. The van der Waals surface area contributed by atoms with E-state index in [1.807, 2.05) is 60.0 Å². The van der Waals surface area contributed by atoms with E-state index in [0.29, 0.717) is 36.9 Å². The number of rotatable bonds is 8. The van der Waals surface area contributed by atoms with Gasteiger partial charge in [0.05, 0.1) is 12.1 Å². The smallest absolute Gasteiger partial charge is 0.228 e. The van der Waals surface area contributed by atoms with Crippen LogP contribution in [0.4, 0.5) is 5.13 Å². The van der Waals surface area contributed by atoms with E-state index in [1.54, 1.807) is 4.90 Å². The van der Waals surface area contributed by atoms with Crippen LogP contribution in [-0.4, -0.2) is 23.3 Å². The minimum absolute atomic E-state index is 0.0870. The molecule has 1 aromatic heterocycles. The van der Waals surface area contributed by atoms with Crippen molar-refractivity contribution in [2.45, 2.75) is 32.4 Å². The second-order valence-electron chi connectivity index (χ2n) is 7.14. The maximum absolute atomic E-state index is 12.3. The molecule has 0 saturated carbocycles. The second-order valence-corrected chi connectivity index (χ2v) is 7.98. The highest BCUT2D eigenvalue weighted by molar-refractivity contribution is 7.14. The van der Waals surface area contributed by atoms with Crippen molar-refractivity contribution >= 4 is 28.3 Å². The fourth-order valence-electron chi connectivity index (χ4n) is 3.22. The Balaban J connectivity index is 1.23. The van der Waals surface area contributed by atoms with Gasteiger partial charge >= 0.3 is 0 Å². The highest BCUT2D eigenvalue weighted by atomic mass is 32.1. The number of carbonyl (C=O) groups is 2. The number of hydrogen-bond donors (Lipinski definition) is 1. The van der Waals surface area contributed by atoms with Gasteiger partial charge in [-0.1, -0.05) is 42.5 Å². The quantitative estimate of drug-likeness (QED) is 0.602. The topological polar surface area (TPSA) is 71.5 Å². The molecule has 0 aliphatic carbocycles. The highest BCUT2D eigenvalue weighted by Gasteiger charge is 2.24. The lowest BCUT2D eigenvalue weighted by Gasteiger charge is -2.10. The predicted octanol–water partition coefficient (Wildman–Crippen LogP) is 3.71. The highest BCUT2D eigenvalue weighted by Crippen LogP contribution is 2.25. The van der Waals surface area contributed by atoms with Crippen LogP contribution >= 0.6 is 11.3 Å². The van der Waals surface area contributed by atoms with E-state index in [0.717, 1.165) is 23.3 Å². The summed E-state index contributed by atoms with van der Waals surface area (Å²) in [4.78, 5) is 30.2. The van der Waals surface area contributed by atoms with Crippen LogP contribution in [0.25, 0.3) is 0 Å². The molecular formula is C23H23N3O3S. The van der Waals surface area contributed by atoms with Crippen molar-refractivity contribution in [3.05, 3.63) is 76.8 Å². The van der Waals surface area contributed by atoms with E-state index in [4.69, 9.17) is 4.74 Å². The molecule has 1 fully saturated rings. The fraction of sp³-hybridized carbons (Fsp3) is 0.261. The molecule has 0 spiro atoms. The van der Waals surface area contributed by atoms with Gasteiger partial charge in [-0.15, -0.1) is 11.3 Å². The second kappa shape index (κ2) is 9.54. The number of aromatic nitrogens is 1. The monoisotopic (exact) mass is 421 g/mol. The Morgan fingerprint density at radius 2 is 1.87 bits per heavy atom. The van der Waals surface area contributed by atoms with E-state index in [-0.39, 0.29) is 18.2 Å². The zero-order valence-corrected chi connectivity index (χ0v) is 17.4. The zero-order chi connectivity index (χ0) is 20.8. The molecule has 4 rings (SSSR count). The summed E-state index contributed by atoms with van der Waals surface area (Å²) >= 11 is 1.41. The third-order valence-electron chi connectivity index (χ3n) is 4.85. The molecule has 7 heteroatoms. The number of thiazole rings is 1. The van der Waals surface area contributed by atoms with E-state index >= 15 is 0 Å². The molecule has 0 bridgehead atoms. The number of anilines is 1. The van der Waals surface area contributed by atoms with Crippen LogP contribution in [0, 0.1) is 0 Å². The molecule has 2 aromatic carbocycles. The summed E-state index contributed by atoms with van der Waals surface area (Å²) in [7, 11) is 0. The van der Waals surface area contributed by atoms with Crippen LogP contribution in [0.3, 0.4) is 0 Å². The Morgan fingerprint density at radius 3 is 2.60 bits per heavy atom. The SMILES string of the molecule is O=C(Cc1csc(N2CCCC2=O)n1)NCc1ccc(COc2ccccc2)cc1. The molecule has 30 heavy (non-hydrogen) atoms. The lowest BCUT2D eigenvalue weighted by Crippen LogP contribution is -2.25. The van der Waals surface area contributed by atoms with Gasteiger partial charge in [0.1, 0.15) is 12.4 Å². The summed E-state index contributed by atoms with van der Waals surface area (Å²) in [6.07, 6.45) is 1.65. The van der Waals surface area contributed by atoms with E-state index in [9.17, 15) is 9.59 Å². The summed E-state index contributed by atoms with van der Waals surface area (Å²) in [6.45, 7) is 1.67. The minimum atomic E-state index is -0.0870. The first kappa shape index (κ1) is 20.1. The molecule has 6 nitrogen and oxygen atoms in total. The Hall–Kier alpha value is -3.19. The number of amides is 2. The molecule has 0 unspecified atom stereocenters. The van der Waals surface area contributed by atoms with Crippen LogP contribution in [0.2, 0.25) is 0 Å². The van der Waals surface area contributed by atoms with Crippen molar-refractivity contribution in [1.29, 1.82) is 0 Å². The molecule has 1 saturated heterocycles. The number of ether oxygens (including phenoxy) is 1. The Morgan fingerprint density at radius 1 is 1.10 bits per heavy atom. The van der Waals surface area contributed by atoms with E-state index in [2.05, 4.69) is 10.3 Å². The van der Waals surface area contributed by atoms with Crippen LogP contribution in [0.15, 0.2) is 60.0 Å². The van der Waals surface area contributed by atoms with Crippen molar-refractivity contribution in [2.75, 3.05) is 11.4 Å². The average molecular weight is 422 g/mol. The lowest BCUT2D eigenvalue weighted by molar-refractivity contribution is -0.120. The van der Waals surface area contributed by atoms with Gasteiger partial charge < -0.3 is 10.1 Å². The summed E-state index contributed by atoms with van der Waals surface area (Å²) in [5.41, 5.74) is 2.79. The Labute approximate surface area is 179 Å². The minimum Gasteiger partial charge on any atom is -0.489 e. The van der Waals surface area contributed by atoms with Crippen molar-refractivity contribution in [2.24, 2.45) is 0 Å². The van der Waals surface area contributed by atoms with Crippen molar-refractivity contribution in [3.8, 4) is 5.75 Å². The van der Waals surface area contributed by atoms with Gasteiger partial charge in [0.15, 0.2) is 5.13 Å². The third-order valence-corrected chi connectivity index (χ3v) is 5.76. The van der Waals surface area contributed by atoms with Gasteiger partial charge in [-0.2, -0.15) is 0 Å². The number of carbonyl (C=O) groups excluding carboxylic acids is 2. The maximum Gasteiger partial charge on any atom is 0.228 e. The van der Waals surface area contributed by atoms with Crippen LogP contribution in [0.5, 0.6) is 5.75 Å². The van der Waals surface area contributed by atoms with Crippen LogP contribution in [-0.2, 0) is 29.2 Å². The summed E-state index contributed by atoms with van der Waals surface area (Å²) < 4.78 is 5.74. The number of para-hydroxylation sites is 1. The standard InChI is InChI=1S/C23H23N3O3S/c27-21(13-19-16-30-23(25-19)26-12-4-7-22(26)28)24-14-17-8-10-18(11-9-17)15-29-20-5-2-1-3-6-20/h1-3,5-6,8-11,16H,4,7,12-15H2,(H,24,27). The molecule has 3 aromatic rings. The van der Waals surface area contributed by atoms with Gasteiger partial charge in [0.25, 0.3) is 0 Å². The predicted molar refractivity (Wildman–Crippen MR) is 116 cm³/mol. The first-order valence-electron chi connectivity index (χ1n) is 9.94. The zero-order valence-electron chi connectivity index (χ0n) is 16.5. The third kappa shape index (κ3) is 5.24. The van der Waals surface area contributed by atoms with E-state index in [1.165, 1.54) is 11.3 Å². The van der Waals surface area contributed by atoms with Crippen LogP contribution < -0.4 is 15.0 Å². The van der Waals surface area contributed by atoms with Crippen molar-refractivity contribution in [1.82, 2.24) is 10.3 Å². The average Bonchev–Trinajstić information content (AvgIpc) is 3.41. The summed E-state index contributed by atoms with van der Waals surface area (Å²) in [6, 6.07) is 17.7. The number of benzene rings is 2. The normalized spacial score (nSPS) is 13.5. The molecular weight excluding hydrogens is 398 g/mol. The largest absolute Gasteiger partial charge is 0.489 e. The summed E-state index contributed by atoms with van der Waals surface area (Å²) in [5, 5.41) is 5.46. The Kier molecular flexibility index (Phi) is 6.39. The molecule has 0 radical (unpaired) electrons. The van der Waals surface area contributed by atoms with Gasteiger partial charge in [-0.25, -0.2) is 4.98 Å². The van der Waals surface area contributed by atoms with E-state index < -0.39 is 0 Å². The number of hydrogen-bond acceptors (Lipinski definition) is 5. The van der Waals surface area contributed by atoms with Gasteiger partial charge in [-0.3, -0.25) is 14.5 Å². The molecule has 2 amide bonds. The van der Waals surface area contributed by atoms with Crippen LogP contribution in [0.1, 0.15) is 29.7 Å². The van der Waals surface area contributed by atoms with Crippen molar-refractivity contribution < 1.29 is 14.3 Å². The number of nitrogens with one attached hydrogen (secondary N) is 1. The molecule has 1 N–H and O–H groups in total. The fourth-order valence-corrected chi connectivity index (χ4v) is 4.08. The molecule has 154 valence electrons. The first-order chi connectivity index (χ1) is 14.7. The summed E-state index contributed by atoms with van der Waals surface area (Å²) in [5.74, 6) is 0.863. The molecule has 2 heterocycles.